The highest BCUT2D eigenvalue weighted by molar-refractivity contribution is 5.94. The highest BCUT2D eigenvalue weighted by atomic mass is 16.7. The SMILES string of the molecule is N#Cc1ccc(N2C(O)(O)C(O)(O)N(C(=O)CCc3nc4c(O)c(O)c(O)c(O)c4c(=O)[nH]3)C(O)(O)C2(O)O)cc1. The van der Waals surface area contributed by atoms with Gasteiger partial charge in [0.15, 0.2) is 11.5 Å². The minimum absolute atomic E-state index is 0.0140. The van der Waals surface area contributed by atoms with Gasteiger partial charge in [-0.3, -0.25) is 14.5 Å². The second-order valence-electron chi connectivity index (χ2n) is 8.90. The Hall–Kier alpha value is -4.78. The lowest BCUT2D eigenvalue weighted by atomic mass is 10.0. The van der Waals surface area contributed by atoms with Gasteiger partial charge in [0.1, 0.15) is 16.7 Å². The van der Waals surface area contributed by atoms with Crippen LogP contribution in [0, 0.1) is 11.3 Å². The van der Waals surface area contributed by atoms with Crippen molar-refractivity contribution in [2.45, 2.75) is 36.5 Å². The molecule has 0 bridgehead atoms. The predicted octanol–water partition coefficient (Wildman–Crippen LogP) is -4.55. The monoisotopic (exact) mass is 579 g/mol. The fourth-order valence-electron chi connectivity index (χ4n) is 4.25. The van der Waals surface area contributed by atoms with Crippen LogP contribution < -0.4 is 10.5 Å². The molecule has 13 N–H and O–H groups in total. The number of hydrogen-bond acceptors (Lipinski definition) is 17. The zero-order chi connectivity index (χ0) is 30.9. The lowest BCUT2D eigenvalue weighted by molar-refractivity contribution is -0.536. The lowest BCUT2D eigenvalue weighted by Gasteiger charge is -2.61. The summed E-state index contributed by atoms with van der Waals surface area (Å²) in [5.41, 5.74) is -2.66. The Labute approximate surface area is 225 Å². The van der Waals surface area contributed by atoms with Crippen LogP contribution in [0.4, 0.5) is 5.69 Å². The molecule has 2 heterocycles. The summed E-state index contributed by atoms with van der Waals surface area (Å²) in [6.07, 6.45) is -1.87. The zero-order valence-corrected chi connectivity index (χ0v) is 20.2. The Morgan fingerprint density at radius 2 is 1.34 bits per heavy atom. The van der Waals surface area contributed by atoms with Crippen LogP contribution in [0.15, 0.2) is 29.1 Å². The van der Waals surface area contributed by atoms with Crippen LogP contribution in [0.3, 0.4) is 0 Å². The standard InChI is InChI=1S/C22H21N5O14/c23-7-8-1-3-9(4-2-8)26-19(34,35)21(38,39)27(22(40,41)20(26,36)37)11(28)6-5-10-24-13-12(18(33)25-10)14(29)16(31)17(32)15(13)30/h1-4,29-32,34-41H,5-6H2,(H,24,25,33). The maximum Gasteiger partial charge on any atom is 0.332 e. The number of anilines is 1. The smallest absolute Gasteiger partial charge is 0.332 e. The molecule has 0 radical (unpaired) electrons. The first-order valence-corrected chi connectivity index (χ1v) is 11.1. The van der Waals surface area contributed by atoms with Crippen molar-refractivity contribution in [1.82, 2.24) is 14.9 Å². The van der Waals surface area contributed by atoms with Crippen LogP contribution in [0.1, 0.15) is 17.8 Å². The van der Waals surface area contributed by atoms with Gasteiger partial charge in [0, 0.05) is 18.5 Å². The van der Waals surface area contributed by atoms with E-state index in [1.54, 1.807) is 6.07 Å². The van der Waals surface area contributed by atoms with E-state index in [2.05, 4.69) is 9.97 Å². The van der Waals surface area contributed by atoms with E-state index >= 15 is 0 Å². The highest BCUT2D eigenvalue weighted by Crippen LogP contribution is 2.48. The van der Waals surface area contributed by atoms with Crippen molar-refractivity contribution in [3.8, 4) is 29.1 Å². The fourth-order valence-corrected chi connectivity index (χ4v) is 4.25. The van der Waals surface area contributed by atoms with E-state index in [1.165, 1.54) is 0 Å². The molecule has 19 nitrogen and oxygen atoms in total. The number of aryl methyl sites for hydroxylation is 1. The zero-order valence-electron chi connectivity index (χ0n) is 20.2. The fraction of sp³-hybridized carbons (Fsp3) is 0.273. The number of phenolic OH excluding ortho intramolecular Hbond substituents is 4. The number of hydrogen-bond donors (Lipinski definition) is 13. The number of aromatic amines is 1. The average molecular weight is 579 g/mol. The summed E-state index contributed by atoms with van der Waals surface area (Å²) in [6.45, 7) is 0. The number of phenols is 4. The molecule has 1 fully saturated rings. The average Bonchev–Trinajstić information content (AvgIpc) is 2.88. The number of piperazine rings is 1. The van der Waals surface area contributed by atoms with Crippen molar-refractivity contribution in [3.63, 3.8) is 0 Å². The van der Waals surface area contributed by atoms with E-state index in [-0.39, 0.29) is 5.56 Å². The van der Waals surface area contributed by atoms with E-state index in [9.17, 15) is 70.9 Å². The molecule has 4 rings (SSSR count). The Kier molecular flexibility index (Phi) is 6.50. The molecule has 2 aromatic carbocycles. The largest absolute Gasteiger partial charge is 0.504 e. The second-order valence-corrected chi connectivity index (χ2v) is 8.90. The summed E-state index contributed by atoms with van der Waals surface area (Å²) in [6, 6.07) is 5.43. The molecule has 1 aliphatic rings. The molecule has 19 heteroatoms. The van der Waals surface area contributed by atoms with Gasteiger partial charge in [0.2, 0.25) is 17.4 Å². The van der Waals surface area contributed by atoms with E-state index < -0.39 is 103 Å². The Bertz CT molecular complexity index is 1630. The Balaban J connectivity index is 1.71. The van der Waals surface area contributed by atoms with Crippen molar-refractivity contribution in [1.29, 1.82) is 5.26 Å². The normalized spacial score (nSPS) is 18.7. The van der Waals surface area contributed by atoms with Crippen LogP contribution in [0.2, 0.25) is 0 Å². The summed E-state index contributed by atoms with van der Waals surface area (Å²) in [5.74, 6) is -24.5. The number of nitriles is 1. The summed E-state index contributed by atoms with van der Waals surface area (Å²) in [7, 11) is 0. The Morgan fingerprint density at radius 1 is 0.829 bits per heavy atom. The molecule has 1 aromatic heterocycles. The van der Waals surface area contributed by atoms with Gasteiger partial charge in [-0.15, -0.1) is 0 Å². The Morgan fingerprint density at radius 3 is 1.85 bits per heavy atom. The summed E-state index contributed by atoms with van der Waals surface area (Å²) < 4.78 is 0. The molecular weight excluding hydrogens is 558 g/mol. The minimum Gasteiger partial charge on any atom is -0.504 e. The molecule has 0 atom stereocenters. The first-order chi connectivity index (χ1) is 18.8. The van der Waals surface area contributed by atoms with Crippen LogP contribution in [-0.4, -0.2) is 106 Å². The van der Waals surface area contributed by atoms with Crippen molar-refractivity contribution in [2.24, 2.45) is 0 Å². The lowest BCUT2D eigenvalue weighted by Crippen LogP contribution is -2.91. The van der Waals surface area contributed by atoms with Crippen LogP contribution in [0.5, 0.6) is 23.0 Å². The molecule has 0 aliphatic carbocycles. The van der Waals surface area contributed by atoms with Gasteiger partial charge in [-0.2, -0.15) is 5.26 Å². The molecule has 3 aromatic rings. The third kappa shape index (κ3) is 4.03. The molecule has 0 saturated carbocycles. The number of aromatic nitrogens is 2. The maximum absolute atomic E-state index is 13.0. The molecule has 1 amide bonds. The van der Waals surface area contributed by atoms with E-state index in [1.807, 2.05) is 0 Å². The second kappa shape index (κ2) is 9.13. The maximum atomic E-state index is 13.0. The summed E-state index contributed by atoms with van der Waals surface area (Å²) >= 11 is 0. The van der Waals surface area contributed by atoms with Gasteiger partial charge in [-0.05, 0) is 24.3 Å². The summed E-state index contributed by atoms with van der Waals surface area (Å²) in [5, 5.41) is 132. The number of rotatable bonds is 4. The third-order valence-corrected chi connectivity index (χ3v) is 6.33. The molecule has 0 spiro atoms. The topological polar surface area (TPSA) is 336 Å². The molecule has 0 unspecified atom stereocenters. The molecule has 1 aliphatic heterocycles. The number of H-pyrrole nitrogens is 1. The number of nitrogens with one attached hydrogen (secondary N) is 1. The van der Waals surface area contributed by atoms with Gasteiger partial charge in [-0.25, -0.2) is 9.88 Å². The minimum atomic E-state index is -4.41. The van der Waals surface area contributed by atoms with Crippen LogP contribution in [-0.2, 0) is 11.2 Å². The van der Waals surface area contributed by atoms with Crippen molar-refractivity contribution < 1.29 is 66.1 Å². The van der Waals surface area contributed by atoms with Crippen molar-refractivity contribution in [3.05, 3.63) is 46.0 Å². The predicted molar refractivity (Wildman–Crippen MR) is 127 cm³/mol. The molecular formula is C22H21N5O14. The number of fused-ring (bicyclic) bond motifs is 1. The number of carbonyl (C=O) groups is 1. The number of nitrogens with zero attached hydrogens (tertiary/aromatic N) is 4. The molecule has 218 valence electrons. The van der Waals surface area contributed by atoms with Gasteiger partial charge >= 0.3 is 23.6 Å². The van der Waals surface area contributed by atoms with Gasteiger partial charge in [-0.1, -0.05) is 0 Å². The van der Waals surface area contributed by atoms with Crippen LogP contribution in [0.25, 0.3) is 10.9 Å². The third-order valence-electron chi connectivity index (χ3n) is 6.33. The van der Waals surface area contributed by atoms with E-state index in [0.29, 0.717) is 0 Å². The number of aromatic hydroxyl groups is 4. The van der Waals surface area contributed by atoms with E-state index in [0.717, 1.165) is 24.3 Å². The van der Waals surface area contributed by atoms with Crippen LogP contribution >= 0.6 is 0 Å². The number of aliphatic hydroxyl groups is 8. The molecule has 41 heavy (non-hydrogen) atoms. The summed E-state index contributed by atoms with van der Waals surface area (Å²) in [4.78, 5) is 29.8. The molecule has 1 saturated heterocycles. The number of carbonyl (C=O) groups excluding carboxylic acids is 1. The van der Waals surface area contributed by atoms with E-state index in [4.69, 9.17) is 5.26 Å². The first-order valence-electron chi connectivity index (χ1n) is 11.1. The quantitative estimate of drug-likeness (QED) is 0.0785. The highest BCUT2D eigenvalue weighted by Gasteiger charge is 2.78. The van der Waals surface area contributed by atoms with Crippen molar-refractivity contribution >= 4 is 22.5 Å². The van der Waals surface area contributed by atoms with Crippen molar-refractivity contribution in [2.75, 3.05) is 4.90 Å². The van der Waals surface area contributed by atoms with Gasteiger partial charge in [0.25, 0.3) is 5.56 Å². The number of amides is 1. The van der Waals surface area contributed by atoms with Gasteiger partial charge in [0.05, 0.1) is 11.6 Å². The van der Waals surface area contributed by atoms with Gasteiger partial charge < -0.3 is 66.3 Å². The number of benzene rings is 2. The first kappa shape index (κ1) is 29.2.